The SMILES string of the molecule is CCCC[C@H](N)CNC(=O)[C@H](Cc1ccc(O)cc1)N[C@H](CCc1ccc(C(=O)O)cc1)CC(C)C.Cl.Cl. The first-order chi connectivity index (χ1) is 17.2. The van der Waals surface area contributed by atoms with Crippen molar-refractivity contribution in [2.45, 2.75) is 83.8 Å². The van der Waals surface area contributed by atoms with Crippen molar-refractivity contribution in [1.82, 2.24) is 10.6 Å². The maximum atomic E-state index is 13.3. The number of phenolic OH excluding ortho intramolecular Hbond substituents is 1. The first-order valence-corrected chi connectivity index (χ1v) is 13.1. The molecule has 0 radical (unpaired) electrons. The van der Waals surface area contributed by atoms with Gasteiger partial charge in [-0.2, -0.15) is 0 Å². The Morgan fingerprint density at radius 2 is 1.55 bits per heavy atom. The third-order valence-electron chi connectivity index (χ3n) is 6.33. The van der Waals surface area contributed by atoms with E-state index in [0.717, 1.165) is 49.7 Å². The normalized spacial score (nSPS) is 13.1. The molecule has 0 fully saturated rings. The molecule has 38 heavy (non-hydrogen) atoms. The van der Waals surface area contributed by atoms with Crippen molar-refractivity contribution in [3.63, 3.8) is 0 Å². The molecule has 0 aliphatic heterocycles. The van der Waals surface area contributed by atoms with Gasteiger partial charge in [-0.15, -0.1) is 24.8 Å². The van der Waals surface area contributed by atoms with Gasteiger partial charge in [0.1, 0.15) is 5.75 Å². The number of aromatic hydroxyl groups is 1. The molecule has 9 heteroatoms. The fourth-order valence-corrected chi connectivity index (χ4v) is 4.30. The first kappa shape index (κ1) is 35.7. The van der Waals surface area contributed by atoms with Crippen LogP contribution in [0.4, 0.5) is 0 Å². The monoisotopic (exact) mass is 569 g/mol. The fourth-order valence-electron chi connectivity index (χ4n) is 4.30. The highest BCUT2D eigenvalue weighted by atomic mass is 35.5. The van der Waals surface area contributed by atoms with Gasteiger partial charge in [0.15, 0.2) is 0 Å². The molecule has 3 atom stereocenters. The predicted octanol–water partition coefficient (Wildman–Crippen LogP) is 5.12. The lowest BCUT2D eigenvalue weighted by Crippen LogP contribution is -2.51. The van der Waals surface area contributed by atoms with Gasteiger partial charge in [-0.05, 0) is 73.4 Å². The van der Waals surface area contributed by atoms with Gasteiger partial charge in [-0.25, -0.2) is 4.79 Å². The van der Waals surface area contributed by atoms with E-state index in [2.05, 4.69) is 31.4 Å². The number of carbonyl (C=O) groups is 2. The molecule has 7 nitrogen and oxygen atoms in total. The van der Waals surface area contributed by atoms with Crippen LogP contribution in [-0.4, -0.2) is 46.8 Å². The predicted molar refractivity (Wildman–Crippen MR) is 159 cm³/mol. The smallest absolute Gasteiger partial charge is 0.335 e. The molecular weight excluding hydrogens is 525 g/mol. The van der Waals surface area contributed by atoms with Gasteiger partial charge < -0.3 is 26.6 Å². The number of carboxylic acid groups (broad SMARTS) is 1. The molecule has 0 aliphatic carbocycles. The second-order valence-electron chi connectivity index (χ2n) is 10.1. The lowest BCUT2D eigenvalue weighted by Gasteiger charge is -2.27. The molecule has 0 aliphatic rings. The lowest BCUT2D eigenvalue weighted by atomic mass is 9.95. The number of amides is 1. The van der Waals surface area contributed by atoms with E-state index in [1.165, 1.54) is 0 Å². The Labute approximate surface area is 239 Å². The Morgan fingerprint density at radius 1 is 0.947 bits per heavy atom. The lowest BCUT2D eigenvalue weighted by molar-refractivity contribution is -0.123. The van der Waals surface area contributed by atoms with Crippen LogP contribution in [0.25, 0.3) is 0 Å². The number of hydrogen-bond acceptors (Lipinski definition) is 5. The Balaban J connectivity index is 0.00000684. The largest absolute Gasteiger partial charge is 0.508 e. The zero-order valence-electron chi connectivity index (χ0n) is 22.7. The standard InChI is InChI=1S/C29H43N3O4.2ClH/c1-4-5-6-24(30)19-31-28(34)27(18-22-10-15-26(33)16-11-22)32-25(17-20(2)3)14-9-21-7-12-23(13-8-21)29(35)36;;/h7-8,10-13,15-16,20,24-25,27,32-33H,4-6,9,14,17-19,30H2,1-3H3,(H,31,34)(H,35,36);2*1H/t24-,25+,27-;;/m0../s1. The summed E-state index contributed by atoms with van der Waals surface area (Å²) in [4.78, 5) is 24.4. The number of benzene rings is 2. The molecule has 2 aromatic rings. The number of carbonyl (C=O) groups excluding carboxylic acids is 1. The molecule has 0 bridgehead atoms. The third-order valence-corrected chi connectivity index (χ3v) is 6.33. The number of nitrogens with two attached hydrogens (primary N) is 1. The van der Waals surface area contributed by atoms with Gasteiger partial charge in [-0.3, -0.25) is 4.79 Å². The van der Waals surface area contributed by atoms with Crippen LogP contribution in [0.3, 0.4) is 0 Å². The molecule has 1 amide bonds. The van der Waals surface area contributed by atoms with Gasteiger partial charge in [0.2, 0.25) is 5.91 Å². The summed E-state index contributed by atoms with van der Waals surface area (Å²) in [6.45, 7) is 6.89. The molecule has 2 rings (SSSR count). The summed E-state index contributed by atoms with van der Waals surface area (Å²) in [5.41, 5.74) is 8.49. The molecular formula is C29H45Cl2N3O4. The van der Waals surface area contributed by atoms with Gasteiger partial charge >= 0.3 is 5.97 Å². The van der Waals surface area contributed by atoms with E-state index in [4.69, 9.17) is 10.8 Å². The number of hydrogen-bond donors (Lipinski definition) is 5. The van der Waals surface area contributed by atoms with Crippen LogP contribution in [0.5, 0.6) is 5.75 Å². The van der Waals surface area contributed by atoms with E-state index in [-0.39, 0.29) is 54.1 Å². The average molecular weight is 571 g/mol. The van der Waals surface area contributed by atoms with Crippen molar-refractivity contribution in [3.8, 4) is 5.75 Å². The maximum absolute atomic E-state index is 13.3. The van der Waals surface area contributed by atoms with Gasteiger partial charge in [0.25, 0.3) is 0 Å². The Kier molecular flexibility index (Phi) is 17.7. The van der Waals surface area contributed by atoms with Crippen LogP contribution < -0.4 is 16.4 Å². The second-order valence-corrected chi connectivity index (χ2v) is 10.1. The molecule has 0 heterocycles. The highest BCUT2D eigenvalue weighted by molar-refractivity contribution is 5.87. The van der Waals surface area contributed by atoms with E-state index in [9.17, 15) is 14.7 Å². The molecule has 214 valence electrons. The maximum Gasteiger partial charge on any atom is 0.335 e. The van der Waals surface area contributed by atoms with E-state index in [1.54, 1.807) is 24.3 Å². The first-order valence-electron chi connectivity index (χ1n) is 13.1. The number of aryl methyl sites for hydroxylation is 1. The number of carboxylic acids is 1. The van der Waals surface area contributed by atoms with Crippen molar-refractivity contribution >= 4 is 36.7 Å². The van der Waals surface area contributed by atoms with Gasteiger partial charge in [0.05, 0.1) is 11.6 Å². The summed E-state index contributed by atoms with van der Waals surface area (Å²) in [6, 6.07) is 13.5. The number of aromatic carboxylic acids is 1. The summed E-state index contributed by atoms with van der Waals surface area (Å²) in [6.07, 6.45) is 5.99. The highest BCUT2D eigenvalue weighted by Crippen LogP contribution is 2.16. The van der Waals surface area contributed by atoms with Gasteiger partial charge in [0, 0.05) is 18.6 Å². The summed E-state index contributed by atoms with van der Waals surface area (Å²) in [5.74, 6) is -0.370. The van der Waals surface area contributed by atoms with E-state index < -0.39 is 12.0 Å². The minimum absolute atomic E-state index is 0. The summed E-state index contributed by atoms with van der Waals surface area (Å²) >= 11 is 0. The number of phenols is 1. The van der Waals surface area contributed by atoms with Crippen molar-refractivity contribution < 1.29 is 19.8 Å². The van der Waals surface area contributed by atoms with E-state index in [0.29, 0.717) is 18.9 Å². The average Bonchev–Trinajstić information content (AvgIpc) is 2.85. The Bertz CT molecular complexity index is 940. The highest BCUT2D eigenvalue weighted by Gasteiger charge is 2.24. The van der Waals surface area contributed by atoms with Gasteiger partial charge in [-0.1, -0.05) is 57.9 Å². The minimum atomic E-state index is -0.932. The van der Waals surface area contributed by atoms with E-state index >= 15 is 0 Å². The number of nitrogens with one attached hydrogen (secondary N) is 2. The van der Waals surface area contributed by atoms with Crippen LogP contribution >= 0.6 is 24.8 Å². The zero-order valence-corrected chi connectivity index (χ0v) is 24.3. The Morgan fingerprint density at radius 3 is 2.11 bits per heavy atom. The van der Waals surface area contributed by atoms with Crippen molar-refractivity contribution in [1.29, 1.82) is 0 Å². The molecule has 0 saturated heterocycles. The molecule has 2 aromatic carbocycles. The van der Waals surface area contributed by atoms with Crippen LogP contribution in [0.15, 0.2) is 48.5 Å². The molecule has 6 N–H and O–H groups in total. The summed E-state index contributed by atoms with van der Waals surface area (Å²) in [7, 11) is 0. The van der Waals surface area contributed by atoms with E-state index in [1.807, 2.05) is 24.3 Å². The van der Waals surface area contributed by atoms with Crippen LogP contribution in [0.1, 0.15) is 74.4 Å². The quantitative estimate of drug-likeness (QED) is 0.191. The number of unbranched alkanes of at least 4 members (excludes halogenated alkanes) is 1. The third kappa shape index (κ3) is 13.5. The minimum Gasteiger partial charge on any atom is -0.508 e. The second kappa shape index (κ2) is 18.9. The topological polar surface area (TPSA) is 125 Å². The van der Waals surface area contributed by atoms with Crippen LogP contribution in [0, 0.1) is 5.92 Å². The molecule has 0 aromatic heterocycles. The zero-order chi connectivity index (χ0) is 26.5. The summed E-state index contributed by atoms with van der Waals surface area (Å²) < 4.78 is 0. The number of rotatable bonds is 16. The Hall–Kier alpha value is -2.32. The molecule has 0 saturated carbocycles. The van der Waals surface area contributed by atoms with Crippen molar-refractivity contribution in [2.75, 3.05) is 6.54 Å². The van der Waals surface area contributed by atoms with Crippen LogP contribution in [-0.2, 0) is 17.6 Å². The van der Waals surface area contributed by atoms with Crippen LogP contribution in [0.2, 0.25) is 0 Å². The van der Waals surface area contributed by atoms with Crippen molar-refractivity contribution in [3.05, 3.63) is 65.2 Å². The number of halogens is 2. The molecule has 0 unspecified atom stereocenters. The fraction of sp³-hybridized carbons (Fsp3) is 0.517. The summed E-state index contributed by atoms with van der Waals surface area (Å²) in [5, 5.41) is 25.4. The molecule has 0 spiro atoms. The van der Waals surface area contributed by atoms with Crippen molar-refractivity contribution in [2.24, 2.45) is 11.7 Å².